The Morgan fingerprint density at radius 3 is 2.85 bits per heavy atom. The lowest BCUT2D eigenvalue weighted by Gasteiger charge is -2.07. The van der Waals surface area contributed by atoms with Crippen molar-refractivity contribution in [1.29, 1.82) is 0 Å². The number of aliphatic hydroxyl groups excluding tert-OH is 1. The van der Waals surface area contributed by atoms with Crippen molar-refractivity contribution in [2.75, 3.05) is 12.4 Å². The molecule has 20 heavy (non-hydrogen) atoms. The highest BCUT2D eigenvalue weighted by Crippen LogP contribution is 2.26. The molecular weight excluding hydrogens is 298 g/mol. The van der Waals surface area contributed by atoms with Crippen LogP contribution in [0.15, 0.2) is 21.9 Å². The Labute approximate surface area is 122 Å². The first-order valence-electron chi connectivity index (χ1n) is 6.22. The van der Waals surface area contributed by atoms with Crippen LogP contribution in [0.5, 0.6) is 0 Å². The third kappa shape index (κ3) is 3.68. The number of oxazole rings is 1. The van der Waals surface area contributed by atoms with Gasteiger partial charge in [-0.25, -0.2) is 13.4 Å². The van der Waals surface area contributed by atoms with E-state index in [-0.39, 0.29) is 24.0 Å². The maximum Gasteiger partial charge on any atom is 0.236 e. The van der Waals surface area contributed by atoms with Crippen LogP contribution in [0.3, 0.4) is 0 Å². The molecule has 2 heterocycles. The summed E-state index contributed by atoms with van der Waals surface area (Å²) in [5, 5.41) is 10.9. The van der Waals surface area contributed by atoms with Gasteiger partial charge in [0.1, 0.15) is 5.76 Å². The minimum Gasteiger partial charge on any atom is -0.440 e. The van der Waals surface area contributed by atoms with Crippen LogP contribution >= 0.6 is 11.3 Å². The van der Waals surface area contributed by atoms with Crippen molar-refractivity contribution in [2.24, 2.45) is 5.92 Å². The molecule has 1 atom stereocenters. The lowest BCUT2D eigenvalue weighted by Crippen LogP contribution is -2.18. The van der Waals surface area contributed by atoms with Gasteiger partial charge in [0.15, 0.2) is 9.84 Å². The van der Waals surface area contributed by atoms with Gasteiger partial charge < -0.3 is 9.52 Å². The Morgan fingerprint density at radius 1 is 1.50 bits per heavy atom. The summed E-state index contributed by atoms with van der Waals surface area (Å²) in [7, 11) is -3.30. The van der Waals surface area contributed by atoms with Crippen molar-refractivity contribution in [2.45, 2.75) is 19.6 Å². The summed E-state index contributed by atoms with van der Waals surface area (Å²) in [6.45, 7) is 3.27. The Hall–Kier alpha value is -1.18. The first-order chi connectivity index (χ1) is 9.41. The largest absolute Gasteiger partial charge is 0.440 e. The van der Waals surface area contributed by atoms with E-state index in [0.29, 0.717) is 17.3 Å². The monoisotopic (exact) mass is 315 g/mol. The van der Waals surface area contributed by atoms with E-state index in [0.717, 1.165) is 4.88 Å². The minimum absolute atomic E-state index is 0.0515. The lowest BCUT2D eigenvalue weighted by atomic mass is 10.2. The molecule has 0 saturated heterocycles. The molecule has 1 N–H and O–H groups in total. The maximum atomic E-state index is 12.0. The predicted octanol–water partition coefficient (Wildman–Crippen LogP) is 2.25. The molecule has 0 aliphatic rings. The second kappa shape index (κ2) is 6.07. The molecule has 0 fully saturated rings. The molecule has 0 aliphatic carbocycles. The van der Waals surface area contributed by atoms with Gasteiger partial charge in [-0.1, -0.05) is 13.0 Å². The van der Waals surface area contributed by atoms with Crippen LogP contribution in [0.25, 0.3) is 10.8 Å². The number of sulfone groups is 1. The summed E-state index contributed by atoms with van der Waals surface area (Å²) < 4.78 is 29.6. The summed E-state index contributed by atoms with van der Waals surface area (Å²) in [6.07, 6.45) is 0. The van der Waals surface area contributed by atoms with E-state index >= 15 is 0 Å². The number of thiophene rings is 1. The molecule has 0 radical (unpaired) electrons. The average Bonchev–Trinajstić information content (AvgIpc) is 2.98. The molecule has 5 nitrogen and oxygen atoms in total. The van der Waals surface area contributed by atoms with Gasteiger partial charge in [0.25, 0.3) is 0 Å². The number of aliphatic hydroxyl groups is 1. The van der Waals surface area contributed by atoms with E-state index in [4.69, 9.17) is 9.52 Å². The zero-order valence-electron chi connectivity index (χ0n) is 11.4. The number of aromatic nitrogens is 1. The molecule has 2 aromatic heterocycles. The summed E-state index contributed by atoms with van der Waals surface area (Å²) in [5.41, 5.74) is 0.443. The first-order valence-corrected chi connectivity index (χ1v) is 8.93. The molecule has 0 spiro atoms. The fourth-order valence-corrected chi connectivity index (χ4v) is 4.24. The van der Waals surface area contributed by atoms with Gasteiger partial charge in [-0.05, 0) is 24.3 Å². The minimum atomic E-state index is -3.30. The molecule has 0 amide bonds. The van der Waals surface area contributed by atoms with Crippen molar-refractivity contribution >= 4 is 21.2 Å². The fraction of sp³-hybridized carbons (Fsp3) is 0.462. The zero-order valence-corrected chi connectivity index (χ0v) is 13.0. The van der Waals surface area contributed by atoms with Gasteiger partial charge in [-0.3, -0.25) is 0 Å². The predicted molar refractivity (Wildman–Crippen MR) is 78.3 cm³/mol. The van der Waals surface area contributed by atoms with Gasteiger partial charge in [0, 0.05) is 6.61 Å². The normalized spacial score (nSPS) is 13.6. The molecule has 2 rings (SSSR count). The second-order valence-electron chi connectivity index (χ2n) is 4.84. The van der Waals surface area contributed by atoms with Gasteiger partial charge in [0.05, 0.1) is 22.1 Å². The number of rotatable bonds is 6. The van der Waals surface area contributed by atoms with Crippen molar-refractivity contribution < 1.29 is 17.9 Å². The third-order valence-corrected chi connectivity index (χ3v) is 5.48. The summed E-state index contributed by atoms with van der Waals surface area (Å²) >= 11 is 1.49. The molecule has 0 aliphatic heterocycles. The number of hydrogen-bond donors (Lipinski definition) is 1. The second-order valence-corrected chi connectivity index (χ2v) is 7.90. The summed E-state index contributed by atoms with van der Waals surface area (Å²) in [5.74, 6) is 0.498. The molecular formula is C13H17NO4S2. The Bertz CT molecular complexity index is 659. The Morgan fingerprint density at radius 2 is 2.25 bits per heavy atom. The molecule has 0 bridgehead atoms. The van der Waals surface area contributed by atoms with Gasteiger partial charge in [-0.2, -0.15) is 0 Å². The molecule has 7 heteroatoms. The summed E-state index contributed by atoms with van der Waals surface area (Å²) in [6, 6.07) is 3.76. The van der Waals surface area contributed by atoms with E-state index < -0.39 is 9.84 Å². The molecule has 0 saturated carbocycles. The SMILES string of the molecule is Cc1oc(-c2cccs2)nc1CS(=O)(=O)CC(C)CO. The van der Waals surface area contributed by atoms with Crippen LogP contribution in [0, 0.1) is 12.8 Å². The molecule has 0 aromatic carbocycles. The van der Waals surface area contributed by atoms with Crippen LogP contribution in [0.4, 0.5) is 0 Å². The van der Waals surface area contributed by atoms with Gasteiger partial charge >= 0.3 is 0 Å². The van der Waals surface area contributed by atoms with Crippen molar-refractivity contribution in [3.05, 3.63) is 29.0 Å². The highest BCUT2D eigenvalue weighted by atomic mass is 32.2. The molecule has 110 valence electrons. The zero-order chi connectivity index (χ0) is 14.8. The Balaban J connectivity index is 2.18. The summed E-state index contributed by atoms with van der Waals surface area (Å²) in [4.78, 5) is 5.15. The van der Waals surface area contributed by atoms with Crippen LogP contribution in [0.2, 0.25) is 0 Å². The average molecular weight is 315 g/mol. The van der Waals surface area contributed by atoms with E-state index in [1.54, 1.807) is 13.8 Å². The Kier molecular flexibility index (Phi) is 4.62. The van der Waals surface area contributed by atoms with Crippen LogP contribution < -0.4 is 0 Å². The standard InChI is InChI=1S/C13H17NO4S2/c1-9(6-15)7-20(16,17)8-11-10(2)18-13(14-11)12-4-3-5-19-12/h3-5,9,15H,6-8H2,1-2H3. The highest BCUT2D eigenvalue weighted by molar-refractivity contribution is 7.90. The number of aryl methyl sites for hydroxylation is 1. The van der Waals surface area contributed by atoms with Gasteiger partial charge in [-0.15, -0.1) is 11.3 Å². The van der Waals surface area contributed by atoms with Crippen LogP contribution in [-0.4, -0.2) is 30.9 Å². The highest BCUT2D eigenvalue weighted by Gasteiger charge is 2.21. The van der Waals surface area contributed by atoms with Crippen molar-refractivity contribution in [1.82, 2.24) is 4.98 Å². The quantitative estimate of drug-likeness (QED) is 0.884. The van der Waals surface area contributed by atoms with Crippen LogP contribution in [0.1, 0.15) is 18.4 Å². The smallest absolute Gasteiger partial charge is 0.236 e. The topological polar surface area (TPSA) is 80.4 Å². The van der Waals surface area contributed by atoms with E-state index in [1.165, 1.54) is 11.3 Å². The molecule has 2 aromatic rings. The van der Waals surface area contributed by atoms with Gasteiger partial charge in [0.2, 0.25) is 5.89 Å². The van der Waals surface area contributed by atoms with Crippen molar-refractivity contribution in [3.8, 4) is 10.8 Å². The number of hydrogen-bond acceptors (Lipinski definition) is 6. The third-order valence-electron chi connectivity index (χ3n) is 2.83. The molecule has 1 unspecified atom stereocenters. The first kappa shape index (κ1) is 15.2. The van der Waals surface area contributed by atoms with Crippen LogP contribution in [-0.2, 0) is 15.6 Å². The fourth-order valence-electron chi connectivity index (χ4n) is 1.82. The van der Waals surface area contributed by atoms with E-state index in [9.17, 15) is 8.42 Å². The van der Waals surface area contributed by atoms with Crippen molar-refractivity contribution in [3.63, 3.8) is 0 Å². The number of nitrogens with zero attached hydrogens (tertiary/aromatic N) is 1. The lowest BCUT2D eigenvalue weighted by molar-refractivity contribution is 0.249. The maximum absolute atomic E-state index is 12.0. The van der Waals surface area contributed by atoms with E-state index in [1.807, 2.05) is 17.5 Å². The van der Waals surface area contributed by atoms with E-state index in [2.05, 4.69) is 4.98 Å².